The number of aromatic nitrogens is 1. The summed E-state index contributed by atoms with van der Waals surface area (Å²) < 4.78 is 27.4. The summed E-state index contributed by atoms with van der Waals surface area (Å²) in [6.07, 6.45) is 4.79. The fourth-order valence-corrected chi connectivity index (χ4v) is 3.74. The molecule has 0 radical (unpaired) electrons. The number of nitrogens with zero attached hydrogens (tertiary/aromatic N) is 1. The fraction of sp³-hybridized carbons (Fsp3) is 0.526. The molecule has 4 nitrogen and oxygen atoms in total. The van der Waals surface area contributed by atoms with Crippen molar-refractivity contribution in [1.29, 1.82) is 0 Å². The summed E-state index contributed by atoms with van der Waals surface area (Å²) in [6.45, 7) is 3.24. The number of likely N-dealkylation sites (tertiary alicyclic amines) is 1. The Labute approximate surface area is 146 Å². The van der Waals surface area contributed by atoms with Crippen LogP contribution in [-0.4, -0.2) is 42.0 Å². The fourth-order valence-electron chi connectivity index (χ4n) is 3.74. The number of hydrogen-bond donors (Lipinski definition) is 2. The largest absolute Gasteiger partial charge is 0.356 e. The first-order valence-corrected chi connectivity index (χ1v) is 8.91. The lowest BCUT2D eigenvalue weighted by atomic mass is 10.1. The third kappa shape index (κ3) is 3.84. The molecule has 2 N–H and O–H groups in total. The van der Waals surface area contributed by atoms with Crippen LogP contribution in [0.4, 0.5) is 8.78 Å². The van der Waals surface area contributed by atoms with E-state index < -0.39 is 11.6 Å². The Kier molecular flexibility index (Phi) is 5.37. The van der Waals surface area contributed by atoms with Crippen LogP contribution in [0.15, 0.2) is 12.1 Å². The van der Waals surface area contributed by atoms with E-state index in [1.165, 1.54) is 12.5 Å². The number of benzene rings is 1. The van der Waals surface area contributed by atoms with Crippen LogP contribution in [0.5, 0.6) is 0 Å². The standard InChI is InChI=1S/C19H25F2N3O/c1-12-14(15-10-13(20)11-16(21)18(15)23-12)7-8-22-19(25)17-6-4-3-5-9-24(17)2/h10-11,17,23H,3-9H2,1-2H3,(H,22,25)/t17-/m1/s1. The summed E-state index contributed by atoms with van der Waals surface area (Å²) in [5, 5.41) is 3.54. The van der Waals surface area contributed by atoms with Gasteiger partial charge in [-0.1, -0.05) is 12.8 Å². The Morgan fingerprint density at radius 3 is 2.92 bits per heavy atom. The number of nitrogens with one attached hydrogen (secondary N) is 2. The smallest absolute Gasteiger partial charge is 0.237 e. The summed E-state index contributed by atoms with van der Waals surface area (Å²) >= 11 is 0. The van der Waals surface area contributed by atoms with Crippen molar-refractivity contribution in [2.24, 2.45) is 0 Å². The predicted molar refractivity (Wildman–Crippen MR) is 94.6 cm³/mol. The zero-order chi connectivity index (χ0) is 18.0. The van der Waals surface area contributed by atoms with Crippen LogP contribution in [0.1, 0.15) is 36.9 Å². The third-order valence-corrected chi connectivity index (χ3v) is 5.14. The molecule has 136 valence electrons. The van der Waals surface area contributed by atoms with Crippen LogP contribution in [0.25, 0.3) is 10.9 Å². The molecule has 25 heavy (non-hydrogen) atoms. The molecule has 0 saturated carbocycles. The average Bonchev–Trinajstić information content (AvgIpc) is 2.73. The summed E-state index contributed by atoms with van der Waals surface area (Å²) in [5.74, 6) is -1.14. The molecule has 0 bridgehead atoms. The van der Waals surface area contributed by atoms with Gasteiger partial charge >= 0.3 is 0 Å². The molecule has 3 rings (SSSR count). The Balaban J connectivity index is 1.67. The van der Waals surface area contributed by atoms with Crippen LogP contribution in [0, 0.1) is 18.6 Å². The van der Waals surface area contributed by atoms with Gasteiger partial charge in [-0.3, -0.25) is 9.69 Å². The van der Waals surface area contributed by atoms with Gasteiger partial charge in [0.2, 0.25) is 5.91 Å². The first-order chi connectivity index (χ1) is 12.0. The van der Waals surface area contributed by atoms with Gasteiger partial charge in [0.05, 0.1) is 11.6 Å². The highest BCUT2D eigenvalue weighted by Gasteiger charge is 2.24. The van der Waals surface area contributed by atoms with Crippen molar-refractivity contribution in [2.75, 3.05) is 20.1 Å². The number of rotatable bonds is 4. The van der Waals surface area contributed by atoms with E-state index in [0.29, 0.717) is 23.9 Å². The normalized spacial score (nSPS) is 19.1. The predicted octanol–water partition coefficient (Wildman–Crippen LogP) is 3.29. The second-order valence-electron chi connectivity index (χ2n) is 6.93. The summed E-state index contributed by atoms with van der Waals surface area (Å²) in [5.41, 5.74) is 1.98. The van der Waals surface area contributed by atoms with Crippen LogP contribution in [0.2, 0.25) is 0 Å². The van der Waals surface area contributed by atoms with Gasteiger partial charge in [-0.25, -0.2) is 8.78 Å². The molecule has 0 aliphatic carbocycles. The van der Waals surface area contributed by atoms with E-state index in [1.807, 2.05) is 14.0 Å². The van der Waals surface area contributed by atoms with Gasteiger partial charge < -0.3 is 10.3 Å². The minimum absolute atomic E-state index is 0.0410. The molecule has 2 aromatic rings. The van der Waals surface area contributed by atoms with Crippen molar-refractivity contribution in [1.82, 2.24) is 15.2 Å². The molecule has 1 fully saturated rings. The van der Waals surface area contributed by atoms with Crippen LogP contribution < -0.4 is 5.32 Å². The highest BCUT2D eigenvalue weighted by Crippen LogP contribution is 2.26. The van der Waals surface area contributed by atoms with E-state index in [4.69, 9.17) is 0 Å². The maximum atomic E-state index is 13.9. The quantitative estimate of drug-likeness (QED) is 0.890. The molecule has 1 amide bonds. The van der Waals surface area contributed by atoms with Crippen molar-refractivity contribution >= 4 is 16.8 Å². The highest BCUT2D eigenvalue weighted by atomic mass is 19.1. The monoisotopic (exact) mass is 349 g/mol. The molecule has 1 atom stereocenters. The van der Waals surface area contributed by atoms with Gasteiger partial charge in [0.15, 0.2) is 0 Å². The summed E-state index contributed by atoms with van der Waals surface area (Å²) in [6, 6.07) is 2.14. The lowest BCUT2D eigenvalue weighted by molar-refractivity contribution is -0.126. The number of carbonyl (C=O) groups is 1. The Bertz CT molecular complexity index is 772. The van der Waals surface area contributed by atoms with Gasteiger partial charge in [-0.05, 0) is 51.4 Å². The van der Waals surface area contributed by atoms with Crippen molar-refractivity contribution in [3.8, 4) is 0 Å². The number of H-pyrrole nitrogens is 1. The van der Waals surface area contributed by atoms with Crippen LogP contribution in [0.3, 0.4) is 0 Å². The van der Waals surface area contributed by atoms with Gasteiger partial charge in [-0.2, -0.15) is 0 Å². The van der Waals surface area contributed by atoms with E-state index in [2.05, 4.69) is 15.2 Å². The topological polar surface area (TPSA) is 48.1 Å². The number of hydrogen-bond acceptors (Lipinski definition) is 2. The Hall–Kier alpha value is -1.95. The zero-order valence-corrected chi connectivity index (χ0v) is 14.8. The van der Waals surface area contributed by atoms with Gasteiger partial charge in [-0.15, -0.1) is 0 Å². The van der Waals surface area contributed by atoms with Crippen LogP contribution in [-0.2, 0) is 11.2 Å². The van der Waals surface area contributed by atoms with E-state index in [9.17, 15) is 13.6 Å². The van der Waals surface area contributed by atoms with E-state index in [-0.39, 0.29) is 11.9 Å². The Morgan fingerprint density at radius 1 is 1.32 bits per heavy atom. The van der Waals surface area contributed by atoms with Crippen LogP contribution >= 0.6 is 0 Å². The highest BCUT2D eigenvalue weighted by molar-refractivity contribution is 5.85. The van der Waals surface area contributed by atoms with E-state index in [0.717, 1.165) is 43.1 Å². The molecule has 1 aromatic heterocycles. The lowest BCUT2D eigenvalue weighted by Gasteiger charge is -2.24. The molecular weight excluding hydrogens is 324 g/mol. The lowest BCUT2D eigenvalue weighted by Crippen LogP contribution is -2.45. The molecule has 2 heterocycles. The maximum Gasteiger partial charge on any atom is 0.237 e. The molecule has 1 aromatic carbocycles. The average molecular weight is 349 g/mol. The number of aryl methyl sites for hydroxylation is 1. The minimum Gasteiger partial charge on any atom is -0.356 e. The number of amides is 1. The molecule has 0 spiro atoms. The number of fused-ring (bicyclic) bond motifs is 1. The number of halogens is 2. The zero-order valence-electron chi connectivity index (χ0n) is 14.8. The van der Waals surface area contributed by atoms with E-state index >= 15 is 0 Å². The van der Waals surface area contributed by atoms with Gasteiger partial charge in [0.1, 0.15) is 11.6 Å². The number of likely N-dealkylation sites (N-methyl/N-ethyl adjacent to an activating group) is 1. The molecule has 1 aliphatic heterocycles. The molecule has 6 heteroatoms. The number of aromatic amines is 1. The second kappa shape index (κ2) is 7.52. The Morgan fingerprint density at radius 2 is 2.12 bits per heavy atom. The first kappa shape index (κ1) is 17.9. The summed E-state index contributed by atoms with van der Waals surface area (Å²) in [4.78, 5) is 17.6. The van der Waals surface area contributed by atoms with Crippen molar-refractivity contribution in [2.45, 2.75) is 45.1 Å². The van der Waals surface area contributed by atoms with Gasteiger partial charge in [0, 0.05) is 23.7 Å². The molecular formula is C19H25F2N3O. The molecule has 1 saturated heterocycles. The minimum atomic E-state index is -0.589. The molecule has 1 aliphatic rings. The maximum absolute atomic E-state index is 13.9. The summed E-state index contributed by atoms with van der Waals surface area (Å²) in [7, 11) is 1.99. The third-order valence-electron chi connectivity index (χ3n) is 5.14. The van der Waals surface area contributed by atoms with Crippen molar-refractivity contribution in [3.63, 3.8) is 0 Å². The first-order valence-electron chi connectivity index (χ1n) is 8.91. The van der Waals surface area contributed by atoms with Crippen molar-refractivity contribution in [3.05, 3.63) is 35.0 Å². The van der Waals surface area contributed by atoms with E-state index in [1.54, 1.807) is 0 Å². The molecule has 0 unspecified atom stereocenters. The SMILES string of the molecule is Cc1[nH]c2c(F)cc(F)cc2c1CCNC(=O)[C@H]1CCCCCN1C. The second-order valence-corrected chi connectivity index (χ2v) is 6.93. The number of carbonyl (C=O) groups excluding carboxylic acids is 1. The van der Waals surface area contributed by atoms with Crippen molar-refractivity contribution < 1.29 is 13.6 Å². The van der Waals surface area contributed by atoms with Gasteiger partial charge in [0.25, 0.3) is 0 Å².